The smallest absolute Gasteiger partial charge is 0.226 e. The molecule has 0 aliphatic heterocycles. The molecule has 0 amide bonds. The van der Waals surface area contributed by atoms with Crippen LogP contribution in [0.2, 0.25) is 5.15 Å². The van der Waals surface area contributed by atoms with Crippen LogP contribution in [0.15, 0.2) is 24.3 Å². The molecule has 0 atom stereocenters. The molecular formula is C15H14ClN3O. The van der Waals surface area contributed by atoms with Gasteiger partial charge in [0.25, 0.3) is 0 Å². The highest BCUT2D eigenvalue weighted by atomic mass is 35.5. The molecule has 0 N–H and O–H groups in total. The topological polar surface area (TPSA) is 58.8 Å². The minimum Gasteiger partial charge on any atom is -0.439 e. The van der Waals surface area contributed by atoms with Crippen LogP contribution in [0, 0.1) is 18.3 Å². The van der Waals surface area contributed by atoms with Crippen LogP contribution in [0.1, 0.15) is 30.3 Å². The zero-order chi connectivity index (χ0) is 14.5. The standard InChI is InChI=1S/C15H14ClN3O/c1-3-4-13-18-14(16)10(2)15(19-13)20-12-7-5-11(9-17)6-8-12/h5-8H,3-4H2,1-2H3. The van der Waals surface area contributed by atoms with E-state index in [1.807, 2.05) is 6.92 Å². The number of hydrogen-bond acceptors (Lipinski definition) is 4. The van der Waals surface area contributed by atoms with Gasteiger partial charge in [0, 0.05) is 12.0 Å². The second-order valence-electron chi connectivity index (χ2n) is 4.35. The van der Waals surface area contributed by atoms with Crippen molar-refractivity contribution in [3.8, 4) is 17.7 Å². The van der Waals surface area contributed by atoms with E-state index >= 15 is 0 Å². The molecule has 0 radical (unpaired) electrons. The maximum absolute atomic E-state index is 8.77. The van der Waals surface area contributed by atoms with Gasteiger partial charge in [0.05, 0.1) is 11.6 Å². The zero-order valence-corrected chi connectivity index (χ0v) is 12.1. The molecule has 1 aromatic carbocycles. The first-order valence-corrected chi connectivity index (χ1v) is 6.73. The molecule has 20 heavy (non-hydrogen) atoms. The molecule has 0 saturated carbocycles. The second-order valence-corrected chi connectivity index (χ2v) is 4.71. The number of rotatable bonds is 4. The Bertz CT molecular complexity index is 647. The third-order valence-electron chi connectivity index (χ3n) is 2.76. The van der Waals surface area contributed by atoms with Crippen LogP contribution in [0.4, 0.5) is 0 Å². The Labute approximate surface area is 123 Å². The number of aromatic nitrogens is 2. The summed E-state index contributed by atoms with van der Waals surface area (Å²) < 4.78 is 5.73. The maximum Gasteiger partial charge on any atom is 0.226 e. The van der Waals surface area contributed by atoms with Gasteiger partial charge in [0.2, 0.25) is 5.88 Å². The Balaban J connectivity index is 2.29. The van der Waals surface area contributed by atoms with Crippen LogP contribution in [0.3, 0.4) is 0 Å². The lowest BCUT2D eigenvalue weighted by atomic mass is 10.2. The molecule has 4 nitrogen and oxygen atoms in total. The fraction of sp³-hybridized carbons (Fsp3) is 0.267. The van der Waals surface area contributed by atoms with Crippen molar-refractivity contribution in [3.63, 3.8) is 0 Å². The van der Waals surface area contributed by atoms with E-state index in [2.05, 4.69) is 23.0 Å². The van der Waals surface area contributed by atoms with Gasteiger partial charge in [-0.15, -0.1) is 0 Å². The van der Waals surface area contributed by atoms with E-state index in [0.717, 1.165) is 12.8 Å². The van der Waals surface area contributed by atoms with Crippen molar-refractivity contribution in [3.05, 3.63) is 46.4 Å². The van der Waals surface area contributed by atoms with Gasteiger partial charge >= 0.3 is 0 Å². The van der Waals surface area contributed by atoms with E-state index in [1.54, 1.807) is 24.3 Å². The molecular weight excluding hydrogens is 274 g/mol. The summed E-state index contributed by atoms with van der Waals surface area (Å²) in [7, 11) is 0. The lowest BCUT2D eigenvalue weighted by Gasteiger charge is -2.10. The predicted octanol–water partition coefficient (Wildman–Crippen LogP) is 4.05. The summed E-state index contributed by atoms with van der Waals surface area (Å²) in [5.41, 5.74) is 1.29. The summed E-state index contributed by atoms with van der Waals surface area (Å²) in [5, 5.41) is 9.17. The quantitative estimate of drug-likeness (QED) is 0.796. The van der Waals surface area contributed by atoms with Crippen molar-refractivity contribution in [2.75, 3.05) is 0 Å². The minimum absolute atomic E-state index is 0.409. The predicted molar refractivity (Wildman–Crippen MR) is 77.0 cm³/mol. The fourth-order valence-electron chi connectivity index (χ4n) is 1.66. The summed E-state index contributed by atoms with van der Waals surface area (Å²) in [6.45, 7) is 3.87. The molecule has 0 fully saturated rings. The van der Waals surface area contributed by atoms with Crippen molar-refractivity contribution in [2.45, 2.75) is 26.7 Å². The number of halogens is 1. The van der Waals surface area contributed by atoms with Gasteiger partial charge in [0.1, 0.15) is 16.7 Å². The SMILES string of the molecule is CCCc1nc(Cl)c(C)c(Oc2ccc(C#N)cc2)n1. The number of nitrogens with zero attached hydrogens (tertiary/aromatic N) is 3. The monoisotopic (exact) mass is 287 g/mol. The van der Waals surface area contributed by atoms with Gasteiger partial charge in [-0.25, -0.2) is 4.98 Å². The molecule has 2 rings (SSSR count). The van der Waals surface area contributed by atoms with Crippen molar-refractivity contribution < 1.29 is 4.74 Å². The lowest BCUT2D eigenvalue weighted by Crippen LogP contribution is -2.01. The van der Waals surface area contributed by atoms with Crippen LogP contribution < -0.4 is 4.74 Å². The molecule has 1 aromatic heterocycles. The van der Waals surface area contributed by atoms with Crippen molar-refractivity contribution in [1.82, 2.24) is 9.97 Å². The largest absolute Gasteiger partial charge is 0.439 e. The number of hydrogen-bond donors (Lipinski definition) is 0. The highest BCUT2D eigenvalue weighted by Crippen LogP contribution is 2.27. The molecule has 0 aliphatic carbocycles. The van der Waals surface area contributed by atoms with Gasteiger partial charge in [0.15, 0.2) is 0 Å². The maximum atomic E-state index is 8.77. The molecule has 0 bridgehead atoms. The van der Waals surface area contributed by atoms with Gasteiger partial charge in [-0.2, -0.15) is 10.2 Å². The highest BCUT2D eigenvalue weighted by molar-refractivity contribution is 6.30. The summed E-state index contributed by atoms with van der Waals surface area (Å²) in [6, 6.07) is 8.91. The number of nitriles is 1. The molecule has 5 heteroatoms. The third kappa shape index (κ3) is 3.25. The van der Waals surface area contributed by atoms with Crippen LogP contribution in [-0.4, -0.2) is 9.97 Å². The Hall–Kier alpha value is -2.12. The third-order valence-corrected chi connectivity index (χ3v) is 3.13. The second kappa shape index (κ2) is 6.36. The minimum atomic E-state index is 0.409. The van der Waals surface area contributed by atoms with Gasteiger partial charge in [-0.3, -0.25) is 0 Å². The molecule has 0 aliphatic rings. The average Bonchev–Trinajstić information content (AvgIpc) is 2.45. The average molecular weight is 288 g/mol. The van der Waals surface area contributed by atoms with Gasteiger partial charge < -0.3 is 4.74 Å². The van der Waals surface area contributed by atoms with Crippen LogP contribution in [-0.2, 0) is 6.42 Å². The first-order chi connectivity index (χ1) is 9.63. The molecule has 0 saturated heterocycles. The zero-order valence-electron chi connectivity index (χ0n) is 11.4. The number of ether oxygens (including phenoxy) is 1. The van der Waals surface area contributed by atoms with Crippen molar-refractivity contribution >= 4 is 11.6 Å². The van der Waals surface area contributed by atoms with E-state index in [0.29, 0.717) is 33.7 Å². The number of benzene rings is 1. The van der Waals surface area contributed by atoms with Gasteiger partial charge in [-0.1, -0.05) is 18.5 Å². The normalized spacial score (nSPS) is 10.1. The van der Waals surface area contributed by atoms with E-state index < -0.39 is 0 Å². The highest BCUT2D eigenvalue weighted by Gasteiger charge is 2.11. The lowest BCUT2D eigenvalue weighted by molar-refractivity contribution is 0.454. The van der Waals surface area contributed by atoms with Gasteiger partial charge in [-0.05, 0) is 37.6 Å². The summed E-state index contributed by atoms with van der Waals surface area (Å²) in [4.78, 5) is 8.60. The Morgan fingerprint density at radius 3 is 2.55 bits per heavy atom. The van der Waals surface area contributed by atoms with E-state index in [1.165, 1.54) is 0 Å². The Morgan fingerprint density at radius 2 is 1.95 bits per heavy atom. The summed E-state index contributed by atoms with van der Waals surface area (Å²) >= 11 is 6.09. The van der Waals surface area contributed by atoms with E-state index in [-0.39, 0.29) is 0 Å². The van der Waals surface area contributed by atoms with Crippen LogP contribution >= 0.6 is 11.6 Å². The molecule has 1 heterocycles. The van der Waals surface area contributed by atoms with Crippen molar-refractivity contribution in [1.29, 1.82) is 5.26 Å². The first-order valence-electron chi connectivity index (χ1n) is 6.35. The fourth-order valence-corrected chi connectivity index (χ4v) is 1.83. The van der Waals surface area contributed by atoms with Crippen molar-refractivity contribution in [2.24, 2.45) is 0 Å². The summed E-state index contributed by atoms with van der Waals surface area (Å²) in [6.07, 6.45) is 1.69. The number of aryl methyl sites for hydroxylation is 1. The van der Waals surface area contributed by atoms with Crippen LogP contribution in [0.25, 0.3) is 0 Å². The van der Waals surface area contributed by atoms with E-state index in [9.17, 15) is 0 Å². The molecule has 0 spiro atoms. The molecule has 2 aromatic rings. The Kier molecular flexibility index (Phi) is 4.54. The Morgan fingerprint density at radius 1 is 1.25 bits per heavy atom. The first kappa shape index (κ1) is 14.3. The molecule has 0 unspecified atom stereocenters. The summed E-state index contributed by atoms with van der Waals surface area (Å²) in [5.74, 6) is 1.74. The van der Waals surface area contributed by atoms with E-state index in [4.69, 9.17) is 21.6 Å². The van der Waals surface area contributed by atoms with Crippen LogP contribution in [0.5, 0.6) is 11.6 Å². The molecule has 102 valence electrons.